The van der Waals surface area contributed by atoms with Gasteiger partial charge >= 0.3 is 5.24 Å². The van der Waals surface area contributed by atoms with Crippen LogP contribution in [0.1, 0.15) is 12.5 Å². The fourth-order valence-electron chi connectivity index (χ4n) is 0.921. The average Bonchev–Trinajstić information content (AvgIpc) is 2.26. The zero-order valence-corrected chi connectivity index (χ0v) is 9.91. The number of hydrogen-bond donors (Lipinski definition) is 0. The Labute approximate surface area is 94.3 Å². The number of benzene rings is 1. The van der Waals surface area contributed by atoms with Crippen LogP contribution in [0, 0.1) is 0 Å². The van der Waals surface area contributed by atoms with Gasteiger partial charge < -0.3 is 4.90 Å². The van der Waals surface area contributed by atoms with Crippen molar-refractivity contribution in [3.05, 3.63) is 35.9 Å². The van der Waals surface area contributed by atoms with Gasteiger partial charge in [-0.2, -0.15) is 0 Å². The normalized spacial score (nSPS) is 11.3. The molecule has 15 heavy (non-hydrogen) atoms. The summed E-state index contributed by atoms with van der Waals surface area (Å²) < 4.78 is 4.16. The van der Waals surface area contributed by atoms with Gasteiger partial charge in [0.05, 0.1) is 17.7 Å². The molecule has 0 aromatic heterocycles. The summed E-state index contributed by atoms with van der Waals surface area (Å²) in [5, 5.41) is -0.0646. The molecular formula is C11H14N2OS. The summed E-state index contributed by atoms with van der Waals surface area (Å²) in [5.74, 6) is 0. The van der Waals surface area contributed by atoms with Crippen LogP contribution in [0.3, 0.4) is 0 Å². The molecule has 0 aliphatic heterocycles. The van der Waals surface area contributed by atoms with Crippen molar-refractivity contribution >= 4 is 22.9 Å². The van der Waals surface area contributed by atoms with Crippen LogP contribution in [0.2, 0.25) is 0 Å². The number of rotatable bonds is 2. The number of carbonyl (C=O) groups is 1. The van der Waals surface area contributed by atoms with Crippen molar-refractivity contribution in [1.29, 1.82) is 0 Å². The molecule has 0 heterocycles. The summed E-state index contributed by atoms with van der Waals surface area (Å²) in [7, 11) is 3.42. The second kappa shape index (κ2) is 5.56. The maximum atomic E-state index is 11.3. The Hall–Kier alpha value is -1.29. The first kappa shape index (κ1) is 11.8. The van der Waals surface area contributed by atoms with Crippen LogP contribution in [0.25, 0.3) is 0 Å². The summed E-state index contributed by atoms with van der Waals surface area (Å²) in [5.41, 5.74) is 1.90. The quantitative estimate of drug-likeness (QED) is 0.569. The van der Waals surface area contributed by atoms with Crippen LogP contribution in [0.5, 0.6) is 0 Å². The van der Waals surface area contributed by atoms with Crippen molar-refractivity contribution in [1.82, 2.24) is 4.90 Å². The first-order valence-corrected chi connectivity index (χ1v) is 5.37. The summed E-state index contributed by atoms with van der Waals surface area (Å²) >= 11 is 0.962. The molecule has 1 amide bonds. The SMILES string of the molecule is C/C(=N\SC(=O)N(C)C)c1ccccc1. The zero-order chi connectivity index (χ0) is 11.3. The predicted octanol–water partition coefficient (Wildman–Crippen LogP) is 2.83. The van der Waals surface area contributed by atoms with Crippen LogP contribution in [-0.4, -0.2) is 29.9 Å². The monoisotopic (exact) mass is 222 g/mol. The zero-order valence-electron chi connectivity index (χ0n) is 9.10. The fraction of sp³-hybridized carbons (Fsp3) is 0.273. The maximum Gasteiger partial charge on any atom is 0.303 e. The van der Waals surface area contributed by atoms with Crippen LogP contribution in [0.4, 0.5) is 4.79 Å². The Kier molecular flexibility index (Phi) is 4.37. The Morgan fingerprint density at radius 1 is 1.27 bits per heavy atom. The molecule has 3 nitrogen and oxygen atoms in total. The molecule has 0 saturated carbocycles. The number of amides is 1. The average molecular weight is 222 g/mol. The highest BCUT2D eigenvalue weighted by Gasteiger charge is 2.04. The van der Waals surface area contributed by atoms with Gasteiger partial charge in [-0.05, 0) is 12.5 Å². The topological polar surface area (TPSA) is 32.7 Å². The molecule has 0 N–H and O–H groups in total. The van der Waals surface area contributed by atoms with Crippen molar-refractivity contribution in [3.63, 3.8) is 0 Å². The van der Waals surface area contributed by atoms with E-state index in [2.05, 4.69) is 4.40 Å². The summed E-state index contributed by atoms with van der Waals surface area (Å²) in [6, 6.07) is 9.80. The number of carbonyl (C=O) groups excluding carboxylic acids is 1. The Morgan fingerprint density at radius 3 is 2.40 bits per heavy atom. The molecule has 0 bridgehead atoms. The van der Waals surface area contributed by atoms with Crippen LogP contribution in [-0.2, 0) is 0 Å². The van der Waals surface area contributed by atoms with E-state index in [1.807, 2.05) is 37.3 Å². The van der Waals surface area contributed by atoms with E-state index in [-0.39, 0.29) is 5.24 Å². The molecular weight excluding hydrogens is 208 g/mol. The van der Waals surface area contributed by atoms with E-state index < -0.39 is 0 Å². The number of hydrogen-bond acceptors (Lipinski definition) is 3. The lowest BCUT2D eigenvalue weighted by Gasteiger charge is -2.06. The Morgan fingerprint density at radius 2 is 1.87 bits per heavy atom. The van der Waals surface area contributed by atoms with Crippen molar-refractivity contribution in [3.8, 4) is 0 Å². The highest BCUT2D eigenvalue weighted by atomic mass is 32.2. The predicted molar refractivity (Wildman–Crippen MR) is 65.3 cm³/mol. The maximum absolute atomic E-state index is 11.3. The second-order valence-corrected chi connectivity index (χ2v) is 4.01. The van der Waals surface area contributed by atoms with Gasteiger partial charge in [0.1, 0.15) is 0 Å². The minimum Gasteiger partial charge on any atom is -0.338 e. The second-order valence-electron chi connectivity index (χ2n) is 3.29. The van der Waals surface area contributed by atoms with E-state index in [9.17, 15) is 4.79 Å². The van der Waals surface area contributed by atoms with Crippen molar-refractivity contribution in [2.45, 2.75) is 6.92 Å². The molecule has 1 rings (SSSR count). The molecule has 1 aromatic carbocycles. The van der Waals surface area contributed by atoms with Gasteiger partial charge in [-0.25, -0.2) is 4.40 Å². The lowest BCUT2D eigenvalue weighted by molar-refractivity contribution is 0.241. The molecule has 0 aliphatic carbocycles. The van der Waals surface area contributed by atoms with Gasteiger partial charge in [0.2, 0.25) is 0 Å². The van der Waals surface area contributed by atoms with Gasteiger partial charge in [0, 0.05) is 14.1 Å². The van der Waals surface area contributed by atoms with Crippen LogP contribution >= 0.6 is 11.9 Å². The van der Waals surface area contributed by atoms with Crippen molar-refractivity contribution in [2.24, 2.45) is 4.40 Å². The molecule has 0 fully saturated rings. The molecule has 0 aliphatic rings. The third-order valence-corrected chi connectivity index (χ3v) is 2.70. The van der Waals surface area contributed by atoms with E-state index in [4.69, 9.17) is 0 Å². The minimum atomic E-state index is -0.0646. The van der Waals surface area contributed by atoms with Crippen molar-refractivity contribution in [2.75, 3.05) is 14.1 Å². The van der Waals surface area contributed by atoms with Gasteiger partial charge in [-0.3, -0.25) is 4.79 Å². The summed E-state index contributed by atoms with van der Waals surface area (Å²) in [6.07, 6.45) is 0. The van der Waals surface area contributed by atoms with Gasteiger partial charge in [0.15, 0.2) is 0 Å². The molecule has 0 unspecified atom stereocenters. The minimum absolute atomic E-state index is 0.0646. The lowest BCUT2D eigenvalue weighted by atomic mass is 10.1. The highest BCUT2D eigenvalue weighted by molar-refractivity contribution is 8.12. The molecule has 0 atom stereocenters. The third-order valence-electron chi connectivity index (χ3n) is 1.82. The molecule has 0 radical (unpaired) electrons. The molecule has 0 saturated heterocycles. The summed E-state index contributed by atoms with van der Waals surface area (Å²) in [4.78, 5) is 12.8. The standard InChI is InChI=1S/C11H14N2OS/c1-9(10-7-5-4-6-8-10)12-15-11(14)13(2)3/h4-8H,1-3H3/b12-9+. The van der Waals surface area contributed by atoms with E-state index in [1.54, 1.807) is 14.1 Å². The van der Waals surface area contributed by atoms with E-state index in [1.165, 1.54) is 4.90 Å². The van der Waals surface area contributed by atoms with Crippen molar-refractivity contribution < 1.29 is 4.79 Å². The first-order valence-electron chi connectivity index (χ1n) is 4.59. The molecule has 1 aromatic rings. The van der Waals surface area contributed by atoms with E-state index in [0.717, 1.165) is 23.2 Å². The largest absolute Gasteiger partial charge is 0.338 e. The Balaban J connectivity index is 2.65. The van der Waals surface area contributed by atoms with Crippen LogP contribution < -0.4 is 0 Å². The fourth-order valence-corrected chi connectivity index (χ4v) is 1.40. The number of nitrogens with zero attached hydrogens (tertiary/aromatic N) is 2. The smallest absolute Gasteiger partial charge is 0.303 e. The summed E-state index contributed by atoms with van der Waals surface area (Å²) in [6.45, 7) is 1.89. The van der Waals surface area contributed by atoms with Gasteiger partial charge in [0.25, 0.3) is 0 Å². The first-order chi connectivity index (χ1) is 7.11. The van der Waals surface area contributed by atoms with E-state index in [0.29, 0.717) is 0 Å². The molecule has 0 spiro atoms. The Bertz CT molecular complexity index is 360. The van der Waals surface area contributed by atoms with Crippen LogP contribution in [0.15, 0.2) is 34.7 Å². The molecule has 4 heteroatoms. The van der Waals surface area contributed by atoms with Gasteiger partial charge in [-0.1, -0.05) is 30.3 Å². The van der Waals surface area contributed by atoms with Gasteiger partial charge in [-0.15, -0.1) is 0 Å². The lowest BCUT2D eigenvalue weighted by Crippen LogP contribution is -2.15. The molecule has 80 valence electrons. The third kappa shape index (κ3) is 3.75. The highest BCUT2D eigenvalue weighted by Crippen LogP contribution is 2.11. The van der Waals surface area contributed by atoms with E-state index >= 15 is 0 Å².